The van der Waals surface area contributed by atoms with Crippen molar-refractivity contribution in [1.29, 1.82) is 0 Å². The molecule has 0 aliphatic rings. The van der Waals surface area contributed by atoms with Crippen LogP contribution in [0.2, 0.25) is 0 Å². The highest BCUT2D eigenvalue weighted by atomic mass is 127. The van der Waals surface area contributed by atoms with Crippen molar-refractivity contribution in [2.24, 2.45) is 0 Å². The maximum Gasteiger partial charge on any atom is 0.0618 e. The van der Waals surface area contributed by atoms with Gasteiger partial charge in [0.05, 0.1) is 11.4 Å². The molecule has 21 heavy (non-hydrogen) atoms. The fourth-order valence-electron chi connectivity index (χ4n) is 2.18. The van der Waals surface area contributed by atoms with Crippen molar-refractivity contribution in [3.8, 4) is 11.1 Å². The molecule has 0 spiro atoms. The zero-order valence-corrected chi connectivity index (χ0v) is 13.5. The molecule has 0 radical (unpaired) electrons. The molecule has 2 nitrogen and oxygen atoms in total. The molecule has 0 aromatic heterocycles. The van der Waals surface area contributed by atoms with Crippen LogP contribution in [-0.4, -0.2) is 0 Å². The van der Waals surface area contributed by atoms with Crippen LogP contribution in [0, 0.1) is 3.57 Å². The minimum Gasteiger partial charge on any atom is -0.397 e. The number of nitrogen functional groups attached to an aromatic ring is 1. The van der Waals surface area contributed by atoms with Gasteiger partial charge in [-0.25, -0.2) is 0 Å². The predicted octanol–water partition coefficient (Wildman–Crippen LogP) is 5.28. The van der Waals surface area contributed by atoms with E-state index in [1.165, 1.54) is 11.1 Å². The summed E-state index contributed by atoms with van der Waals surface area (Å²) < 4.78 is 1.13. The summed E-state index contributed by atoms with van der Waals surface area (Å²) >= 11 is 2.26. The largest absolute Gasteiger partial charge is 0.397 e. The summed E-state index contributed by atoms with van der Waals surface area (Å²) in [4.78, 5) is 0. The van der Waals surface area contributed by atoms with E-state index in [2.05, 4.69) is 64.3 Å². The van der Waals surface area contributed by atoms with Gasteiger partial charge in [-0.15, -0.1) is 0 Å². The van der Waals surface area contributed by atoms with E-state index in [4.69, 9.17) is 5.73 Å². The Balaban J connectivity index is 1.81. The van der Waals surface area contributed by atoms with Crippen molar-refractivity contribution >= 4 is 39.7 Å². The molecule has 0 aliphatic carbocycles. The number of hydrogen-bond donors (Lipinski definition) is 2. The normalized spacial score (nSPS) is 10.3. The first-order valence-corrected chi connectivity index (χ1v) is 7.78. The monoisotopic (exact) mass is 386 g/mol. The molecule has 3 heteroatoms. The number of nitrogens with one attached hydrogen (secondary N) is 1. The SMILES string of the molecule is Nc1cc(I)ccc1Nc1ccc(-c2ccccc2)cc1. The molecular weight excluding hydrogens is 371 g/mol. The molecular formula is C18H15IN2. The van der Waals surface area contributed by atoms with Gasteiger partial charge in [0.15, 0.2) is 0 Å². The Morgan fingerprint density at radius 3 is 2.10 bits per heavy atom. The Kier molecular flexibility index (Phi) is 4.10. The Morgan fingerprint density at radius 2 is 1.43 bits per heavy atom. The highest BCUT2D eigenvalue weighted by Crippen LogP contribution is 2.26. The molecule has 104 valence electrons. The zero-order valence-electron chi connectivity index (χ0n) is 11.4. The lowest BCUT2D eigenvalue weighted by Crippen LogP contribution is -1.96. The number of nitrogens with two attached hydrogens (primary N) is 1. The molecule has 0 saturated heterocycles. The van der Waals surface area contributed by atoms with Gasteiger partial charge < -0.3 is 11.1 Å². The predicted molar refractivity (Wildman–Crippen MR) is 98.7 cm³/mol. The lowest BCUT2D eigenvalue weighted by molar-refractivity contribution is 1.52. The summed E-state index contributed by atoms with van der Waals surface area (Å²) in [5, 5.41) is 3.35. The van der Waals surface area contributed by atoms with Gasteiger partial charge in [0.25, 0.3) is 0 Å². The smallest absolute Gasteiger partial charge is 0.0618 e. The molecule has 0 unspecified atom stereocenters. The molecule has 0 aliphatic heterocycles. The highest BCUT2D eigenvalue weighted by molar-refractivity contribution is 14.1. The van der Waals surface area contributed by atoms with Crippen LogP contribution >= 0.6 is 22.6 Å². The van der Waals surface area contributed by atoms with E-state index in [1.54, 1.807) is 0 Å². The summed E-state index contributed by atoms with van der Waals surface area (Å²) in [7, 11) is 0. The summed E-state index contributed by atoms with van der Waals surface area (Å²) in [5.74, 6) is 0. The van der Waals surface area contributed by atoms with Crippen LogP contribution in [0.4, 0.5) is 17.1 Å². The van der Waals surface area contributed by atoms with Crippen LogP contribution in [0.25, 0.3) is 11.1 Å². The van der Waals surface area contributed by atoms with E-state index in [9.17, 15) is 0 Å². The van der Waals surface area contributed by atoms with Crippen molar-refractivity contribution < 1.29 is 0 Å². The lowest BCUT2D eigenvalue weighted by Gasteiger charge is -2.10. The van der Waals surface area contributed by atoms with E-state index in [-0.39, 0.29) is 0 Å². The summed E-state index contributed by atoms with van der Waals surface area (Å²) in [6.07, 6.45) is 0. The first-order chi connectivity index (χ1) is 10.2. The van der Waals surface area contributed by atoms with Crippen molar-refractivity contribution in [3.63, 3.8) is 0 Å². The van der Waals surface area contributed by atoms with E-state index in [0.717, 1.165) is 20.6 Å². The van der Waals surface area contributed by atoms with Gasteiger partial charge in [-0.05, 0) is 64.0 Å². The second-order valence-electron chi connectivity index (χ2n) is 4.80. The molecule has 3 aromatic rings. The maximum absolute atomic E-state index is 6.02. The van der Waals surface area contributed by atoms with E-state index in [0.29, 0.717) is 0 Å². The average molecular weight is 386 g/mol. The Hall–Kier alpha value is -2.01. The molecule has 0 amide bonds. The molecule has 0 heterocycles. The highest BCUT2D eigenvalue weighted by Gasteiger charge is 2.01. The number of rotatable bonds is 3. The van der Waals surface area contributed by atoms with Crippen LogP contribution in [0.15, 0.2) is 72.8 Å². The first-order valence-electron chi connectivity index (χ1n) is 6.70. The Labute approximate surface area is 138 Å². The minimum absolute atomic E-state index is 0.758. The van der Waals surface area contributed by atoms with Crippen LogP contribution in [0.3, 0.4) is 0 Å². The molecule has 0 fully saturated rings. The quantitative estimate of drug-likeness (QED) is 0.475. The van der Waals surface area contributed by atoms with Crippen LogP contribution in [-0.2, 0) is 0 Å². The van der Waals surface area contributed by atoms with E-state index < -0.39 is 0 Å². The average Bonchev–Trinajstić information content (AvgIpc) is 2.52. The van der Waals surface area contributed by atoms with Crippen molar-refractivity contribution in [3.05, 3.63) is 76.4 Å². The van der Waals surface area contributed by atoms with Gasteiger partial charge in [-0.3, -0.25) is 0 Å². The molecule has 0 saturated carbocycles. The summed E-state index contributed by atoms with van der Waals surface area (Å²) in [6.45, 7) is 0. The fraction of sp³-hybridized carbons (Fsp3) is 0. The van der Waals surface area contributed by atoms with Gasteiger partial charge in [0.2, 0.25) is 0 Å². The van der Waals surface area contributed by atoms with E-state index in [1.807, 2.05) is 36.4 Å². The first kappa shape index (κ1) is 13.9. The fourth-order valence-corrected chi connectivity index (χ4v) is 2.69. The van der Waals surface area contributed by atoms with Crippen molar-refractivity contribution in [2.75, 3.05) is 11.1 Å². The third-order valence-electron chi connectivity index (χ3n) is 3.28. The van der Waals surface area contributed by atoms with Gasteiger partial charge in [-0.2, -0.15) is 0 Å². The summed E-state index contributed by atoms with van der Waals surface area (Å²) in [6, 6.07) is 24.7. The van der Waals surface area contributed by atoms with Gasteiger partial charge >= 0.3 is 0 Å². The van der Waals surface area contributed by atoms with Crippen LogP contribution < -0.4 is 11.1 Å². The van der Waals surface area contributed by atoms with Gasteiger partial charge in [0, 0.05) is 9.26 Å². The van der Waals surface area contributed by atoms with Gasteiger partial charge in [0.1, 0.15) is 0 Å². The lowest BCUT2D eigenvalue weighted by atomic mass is 10.1. The molecule has 0 atom stereocenters. The Morgan fingerprint density at radius 1 is 0.762 bits per heavy atom. The maximum atomic E-state index is 6.02. The molecule has 3 N–H and O–H groups in total. The second kappa shape index (κ2) is 6.18. The number of benzene rings is 3. The van der Waals surface area contributed by atoms with Crippen molar-refractivity contribution in [2.45, 2.75) is 0 Å². The molecule has 0 bridgehead atoms. The second-order valence-corrected chi connectivity index (χ2v) is 6.05. The molecule has 3 aromatic carbocycles. The summed E-state index contributed by atoms with van der Waals surface area (Å²) in [5.41, 5.74) is 11.2. The van der Waals surface area contributed by atoms with Crippen molar-refractivity contribution in [1.82, 2.24) is 0 Å². The van der Waals surface area contributed by atoms with Gasteiger partial charge in [-0.1, -0.05) is 42.5 Å². The van der Waals surface area contributed by atoms with E-state index >= 15 is 0 Å². The third kappa shape index (κ3) is 3.36. The third-order valence-corrected chi connectivity index (χ3v) is 3.96. The minimum atomic E-state index is 0.758. The standard InChI is InChI=1S/C18H15IN2/c19-15-8-11-18(17(20)12-15)21-16-9-6-14(7-10-16)13-4-2-1-3-5-13/h1-12,21H,20H2. The zero-order chi connectivity index (χ0) is 14.7. The topological polar surface area (TPSA) is 38.0 Å². The van der Waals surface area contributed by atoms with Crippen LogP contribution in [0.1, 0.15) is 0 Å². The number of halogens is 1. The number of hydrogen-bond acceptors (Lipinski definition) is 2. The van der Waals surface area contributed by atoms with Crippen LogP contribution in [0.5, 0.6) is 0 Å². The number of anilines is 3. The molecule has 3 rings (SSSR count). The Bertz CT molecular complexity index is 737.